The Morgan fingerprint density at radius 2 is 1.92 bits per heavy atom. The molecule has 0 aliphatic heterocycles. The summed E-state index contributed by atoms with van der Waals surface area (Å²) in [5.74, 6) is -0.0870. The molecule has 2 aromatic carbocycles. The number of furan rings is 1. The molecule has 1 N–H and O–H groups in total. The Labute approximate surface area is 152 Å². The number of hydrogen-bond donors (Lipinski definition) is 1. The van der Waals surface area contributed by atoms with Crippen molar-refractivity contribution >= 4 is 22.8 Å². The molecule has 0 atom stereocenters. The molecule has 0 fully saturated rings. The van der Waals surface area contributed by atoms with E-state index in [0.29, 0.717) is 22.5 Å². The molecule has 0 bridgehead atoms. The number of aryl methyl sites for hydroxylation is 2. The minimum atomic E-state index is -0.464. The number of benzene rings is 2. The van der Waals surface area contributed by atoms with Crippen molar-refractivity contribution in [3.63, 3.8) is 0 Å². The molecule has 3 rings (SSSR count). The Bertz CT molecular complexity index is 1000. The van der Waals surface area contributed by atoms with Crippen LogP contribution in [0.15, 0.2) is 40.8 Å². The van der Waals surface area contributed by atoms with Gasteiger partial charge < -0.3 is 14.5 Å². The fourth-order valence-electron chi connectivity index (χ4n) is 3.11. The van der Waals surface area contributed by atoms with Gasteiger partial charge in [-0.3, -0.25) is 4.79 Å². The van der Waals surface area contributed by atoms with E-state index in [1.165, 1.54) is 6.07 Å². The second-order valence-corrected chi connectivity index (χ2v) is 6.10. The van der Waals surface area contributed by atoms with Crippen LogP contribution in [0, 0.1) is 13.8 Å². The first-order valence-corrected chi connectivity index (χ1v) is 8.49. The third-order valence-corrected chi connectivity index (χ3v) is 4.26. The highest BCUT2D eigenvalue weighted by Crippen LogP contribution is 2.37. The van der Waals surface area contributed by atoms with E-state index in [0.717, 1.165) is 22.1 Å². The Morgan fingerprint density at radius 1 is 1.15 bits per heavy atom. The third kappa shape index (κ3) is 3.08. The summed E-state index contributed by atoms with van der Waals surface area (Å²) in [6.07, 6.45) is 0. The first kappa shape index (κ1) is 17.7. The van der Waals surface area contributed by atoms with E-state index in [-0.39, 0.29) is 12.5 Å². The van der Waals surface area contributed by atoms with Gasteiger partial charge in [0.15, 0.2) is 0 Å². The van der Waals surface area contributed by atoms with E-state index in [1.54, 1.807) is 20.0 Å². The average Bonchev–Trinajstić information content (AvgIpc) is 2.96. The largest absolute Gasteiger partial charge is 0.462 e. The number of carbonyl (C=O) groups excluding carboxylic acids is 2. The van der Waals surface area contributed by atoms with Gasteiger partial charge in [0.1, 0.15) is 11.3 Å². The SMILES string of the molecule is CCOC(=O)c1cc(C(=O)NC)c2oc(C)c(-c3cccc(C)c3)c2c1. The second-order valence-electron chi connectivity index (χ2n) is 6.10. The van der Waals surface area contributed by atoms with E-state index < -0.39 is 5.97 Å². The van der Waals surface area contributed by atoms with Crippen LogP contribution in [-0.4, -0.2) is 25.5 Å². The van der Waals surface area contributed by atoms with Crippen molar-refractivity contribution in [2.24, 2.45) is 0 Å². The van der Waals surface area contributed by atoms with Crippen LogP contribution in [0.25, 0.3) is 22.1 Å². The first-order chi connectivity index (χ1) is 12.5. The lowest BCUT2D eigenvalue weighted by molar-refractivity contribution is 0.0526. The summed E-state index contributed by atoms with van der Waals surface area (Å²) in [5.41, 5.74) is 4.07. The number of rotatable bonds is 4. The monoisotopic (exact) mass is 351 g/mol. The first-order valence-electron chi connectivity index (χ1n) is 8.49. The molecule has 5 nitrogen and oxygen atoms in total. The minimum absolute atomic E-state index is 0.265. The van der Waals surface area contributed by atoms with Crippen LogP contribution >= 0.6 is 0 Å². The number of fused-ring (bicyclic) bond motifs is 1. The standard InChI is InChI=1S/C21H21NO4/c1-5-25-21(24)15-10-16-18(14-8-6-7-12(2)9-14)13(3)26-19(16)17(11-15)20(23)22-4/h6-11H,5H2,1-4H3,(H,22,23). The molecule has 1 amide bonds. The fourth-order valence-corrected chi connectivity index (χ4v) is 3.11. The zero-order chi connectivity index (χ0) is 18.8. The maximum Gasteiger partial charge on any atom is 0.338 e. The summed E-state index contributed by atoms with van der Waals surface area (Å²) in [7, 11) is 1.54. The molecule has 0 aliphatic rings. The van der Waals surface area contributed by atoms with Crippen LogP contribution in [0.4, 0.5) is 0 Å². The molecular weight excluding hydrogens is 330 g/mol. The predicted molar refractivity (Wildman–Crippen MR) is 100 cm³/mol. The highest BCUT2D eigenvalue weighted by Gasteiger charge is 2.22. The molecule has 0 unspecified atom stereocenters. The smallest absolute Gasteiger partial charge is 0.338 e. The normalized spacial score (nSPS) is 10.8. The maximum absolute atomic E-state index is 12.3. The molecule has 0 spiro atoms. The van der Waals surface area contributed by atoms with Crippen LogP contribution in [0.1, 0.15) is 39.0 Å². The van der Waals surface area contributed by atoms with Gasteiger partial charge in [-0.1, -0.05) is 29.8 Å². The molecule has 1 aromatic heterocycles. The number of hydrogen-bond acceptors (Lipinski definition) is 4. The van der Waals surface area contributed by atoms with Crippen LogP contribution < -0.4 is 5.32 Å². The molecule has 26 heavy (non-hydrogen) atoms. The van der Waals surface area contributed by atoms with E-state index in [1.807, 2.05) is 38.1 Å². The number of nitrogens with one attached hydrogen (secondary N) is 1. The van der Waals surface area contributed by atoms with Crippen molar-refractivity contribution < 1.29 is 18.7 Å². The molecule has 3 aromatic rings. The average molecular weight is 351 g/mol. The zero-order valence-corrected chi connectivity index (χ0v) is 15.3. The van der Waals surface area contributed by atoms with Crippen molar-refractivity contribution in [2.75, 3.05) is 13.7 Å². The highest BCUT2D eigenvalue weighted by molar-refractivity contribution is 6.11. The lowest BCUT2D eigenvalue weighted by Crippen LogP contribution is -2.19. The summed E-state index contributed by atoms with van der Waals surface area (Å²) in [5, 5.41) is 3.32. The third-order valence-electron chi connectivity index (χ3n) is 4.26. The van der Waals surface area contributed by atoms with Crippen molar-refractivity contribution in [1.82, 2.24) is 5.32 Å². The van der Waals surface area contributed by atoms with Crippen LogP contribution in [0.2, 0.25) is 0 Å². The van der Waals surface area contributed by atoms with Gasteiger partial charge in [0.25, 0.3) is 5.91 Å². The van der Waals surface area contributed by atoms with Crippen molar-refractivity contribution in [3.8, 4) is 11.1 Å². The van der Waals surface area contributed by atoms with Gasteiger partial charge in [0.05, 0.1) is 17.7 Å². The van der Waals surface area contributed by atoms with Gasteiger partial charge in [0.2, 0.25) is 0 Å². The molecule has 0 radical (unpaired) electrons. The van der Waals surface area contributed by atoms with E-state index in [9.17, 15) is 9.59 Å². The minimum Gasteiger partial charge on any atom is -0.462 e. The summed E-state index contributed by atoms with van der Waals surface area (Å²) in [4.78, 5) is 24.6. The summed E-state index contributed by atoms with van der Waals surface area (Å²) >= 11 is 0. The van der Waals surface area contributed by atoms with Gasteiger partial charge in [-0.15, -0.1) is 0 Å². The van der Waals surface area contributed by atoms with Gasteiger partial charge in [-0.05, 0) is 38.5 Å². The maximum atomic E-state index is 12.3. The zero-order valence-electron chi connectivity index (χ0n) is 15.3. The molecule has 0 aliphatic carbocycles. The van der Waals surface area contributed by atoms with Crippen molar-refractivity contribution in [1.29, 1.82) is 0 Å². The predicted octanol–water partition coefficient (Wildman–Crippen LogP) is 4.25. The van der Waals surface area contributed by atoms with E-state index in [4.69, 9.17) is 9.15 Å². The Kier molecular flexibility index (Phi) is 4.80. The Morgan fingerprint density at radius 3 is 2.58 bits per heavy atom. The second kappa shape index (κ2) is 7.04. The number of ether oxygens (including phenoxy) is 1. The van der Waals surface area contributed by atoms with E-state index in [2.05, 4.69) is 5.32 Å². The van der Waals surface area contributed by atoms with Crippen molar-refractivity contribution in [2.45, 2.75) is 20.8 Å². The number of esters is 1. The van der Waals surface area contributed by atoms with Crippen LogP contribution in [0.3, 0.4) is 0 Å². The lowest BCUT2D eigenvalue weighted by atomic mass is 9.97. The van der Waals surface area contributed by atoms with Crippen molar-refractivity contribution in [3.05, 3.63) is 58.8 Å². The Balaban J connectivity index is 2.33. The fraction of sp³-hybridized carbons (Fsp3) is 0.238. The van der Waals surface area contributed by atoms with Gasteiger partial charge >= 0.3 is 5.97 Å². The topological polar surface area (TPSA) is 68.5 Å². The molecule has 0 saturated heterocycles. The van der Waals surface area contributed by atoms with Crippen LogP contribution in [0.5, 0.6) is 0 Å². The quantitative estimate of drug-likeness (QED) is 0.713. The Hall–Kier alpha value is -3.08. The van der Waals surface area contributed by atoms with Crippen LogP contribution in [-0.2, 0) is 4.74 Å². The molecular formula is C21H21NO4. The molecule has 134 valence electrons. The summed E-state index contributed by atoms with van der Waals surface area (Å²) in [6, 6.07) is 11.3. The number of amides is 1. The lowest BCUT2D eigenvalue weighted by Gasteiger charge is -2.07. The van der Waals surface area contributed by atoms with Gasteiger partial charge in [0, 0.05) is 18.0 Å². The number of carbonyl (C=O) groups is 2. The molecule has 1 heterocycles. The van der Waals surface area contributed by atoms with E-state index >= 15 is 0 Å². The van der Waals surface area contributed by atoms with Gasteiger partial charge in [-0.25, -0.2) is 4.79 Å². The highest BCUT2D eigenvalue weighted by atomic mass is 16.5. The summed E-state index contributed by atoms with van der Waals surface area (Å²) in [6.45, 7) is 5.88. The van der Waals surface area contributed by atoms with Gasteiger partial charge in [-0.2, -0.15) is 0 Å². The summed E-state index contributed by atoms with van der Waals surface area (Å²) < 4.78 is 11.0. The molecule has 0 saturated carbocycles. The molecule has 5 heteroatoms.